The molecule has 2 aromatic carbocycles. The van der Waals surface area contributed by atoms with Gasteiger partial charge in [-0.15, -0.1) is 0 Å². The van der Waals surface area contributed by atoms with Gasteiger partial charge in [0.15, 0.2) is 0 Å². The van der Waals surface area contributed by atoms with Crippen LogP contribution in [0.15, 0.2) is 36.4 Å². The Morgan fingerprint density at radius 1 is 0.750 bits per heavy atom. The molecular formula is C16H14I2O2. The quantitative estimate of drug-likeness (QED) is 0.477. The molecule has 0 saturated heterocycles. The molecule has 0 radical (unpaired) electrons. The lowest BCUT2D eigenvalue weighted by Crippen LogP contribution is -2.32. The van der Waals surface area contributed by atoms with Crippen molar-refractivity contribution < 1.29 is 9.47 Å². The second-order valence-electron chi connectivity index (χ2n) is 4.87. The Kier molecular flexibility index (Phi) is 4.12. The number of hydrogen-bond donors (Lipinski definition) is 0. The van der Waals surface area contributed by atoms with Crippen molar-refractivity contribution in [1.29, 1.82) is 0 Å². The van der Waals surface area contributed by atoms with Crippen LogP contribution in [-0.4, -0.2) is 12.2 Å². The molecule has 2 atom stereocenters. The van der Waals surface area contributed by atoms with Crippen molar-refractivity contribution in [1.82, 2.24) is 0 Å². The van der Waals surface area contributed by atoms with Gasteiger partial charge in [-0.25, -0.2) is 0 Å². The van der Waals surface area contributed by atoms with Crippen LogP contribution in [0.4, 0.5) is 0 Å². The smallest absolute Gasteiger partial charge is 0.132 e. The van der Waals surface area contributed by atoms with Gasteiger partial charge in [-0.2, -0.15) is 0 Å². The fraction of sp³-hybridized carbons (Fsp3) is 0.250. The van der Waals surface area contributed by atoms with Gasteiger partial charge in [0.25, 0.3) is 0 Å². The maximum atomic E-state index is 6.11. The van der Waals surface area contributed by atoms with E-state index >= 15 is 0 Å². The molecule has 1 aliphatic heterocycles. The standard InChI is InChI=1S/C16H14I2O2/c1-9-10(2)20-14-8-4-6-12(18)16(14)15-11(17)5-3-7-13(15)19-9/h3-10H,1-2H3/t9-,10-/m0/s1. The summed E-state index contributed by atoms with van der Waals surface area (Å²) in [4.78, 5) is 0. The van der Waals surface area contributed by atoms with Crippen molar-refractivity contribution in [2.75, 3.05) is 0 Å². The molecule has 20 heavy (non-hydrogen) atoms. The Labute approximate surface area is 146 Å². The largest absolute Gasteiger partial charge is 0.486 e. The molecule has 1 aliphatic rings. The molecule has 0 aromatic heterocycles. The molecule has 1 heterocycles. The Balaban J connectivity index is 2.32. The number of halogens is 2. The molecule has 0 bridgehead atoms. The zero-order valence-electron chi connectivity index (χ0n) is 11.2. The lowest BCUT2D eigenvalue weighted by atomic mass is 10.0. The third-order valence-corrected chi connectivity index (χ3v) is 5.29. The molecule has 0 saturated carbocycles. The summed E-state index contributed by atoms with van der Waals surface area (Å²) in [6.07, 6.45) is 0.0240. The van der Waals surface area contributed by atoms with Gasteiger partial charge in [0.1, 0.15) is 23.7 Å². The van der Waals surface area contributed by atoms with Crippen LogP contribution in [0.1, 0.15) is 13.8 Å². The Morgan fingerprint density at radius 2 is 1.15 bits per heavy atom. The summed E-state index contributed by atoms with van der Waals surface area (Å²) in [5, 5.41) is 0. The topological polar surface area (TPSA) is 18.5 Å². The number of ether oxygens (including phenoxy) is 2. The molecule has 2 nitrogen and oxygen atoms in total. The van der Waals surface area contributed by atoms with Crippen molar-refractivity contribution in [3.8, 4) is 22.6 Å². The molecular weight excluding hydrogens is 478 g/mol. The van der Waals surface area contributed by atoms with Crippen molar-refractivity contribution in [2.45, 2.75) is 26.1 Å². The summed E-state index contributed by atoms with van der Waals surface area (Å²) in [5.41, 5.74) is 2.26. The van der Waals surface area contributed by atoms with Gasteiger partial charge in [-0.05, 0) is 83.3 Å². The van der Waals surface area contributed by atoms with Gasteiger partial charge >= 0.3 is 0 Å². The Bertz CT molecular complexity index is 597. The SMILES string of the molecule is C[C@@H]1Oc2cccc(I)c2-c2c(I)cccc2O[C@H]1C. The first-order valence-electron chi connectivity index (χ1n) is 6.48. The molecule has 0 spiro atoms. The minimum atomic E-state index is 0.0120. The number of fused-ring (bicyclic) bond motifs is 3. The number of hydrogen-bond acceptors (Lipinski definition) is 2. The van der Waals surface area contributed by atoms with Crippen LogP contribution >= 0.6 is 45.2 Å². The summed E-state index contributed by atoms with van der Waals surface area (Å²) in [7, 11) is 0. The fourth-order valence-electron chi connectivity index (χ4n) is 2.28. The average molecular weight is 492 g/mol. The molecule has 4 heteroatoms. The predicted octanol–water partition coefficient (Wildman–Crippen LogP) is 5.11. The van der Waals surface area contributed by atoms with E-state index < -0.39 is 0 Å². The molecule has 0 unspecified atom stereocenters. The van der Waals surface area contributed by atoms with Crippen LogP contribution < -0.4 is 9.47 Å². The molecule has 3 rings (SSSR count). The first-order valence-corrected chi connectivity index (χ1v) is 8.64. The molecule has 2 aromatic rings. The highest BCUT2D eigenvalue weighted by Crippen LogP contribution is 2.44. The Morgan fingerprint density at radius 3 is 1.55 bits per heavy atom. The highest BCUT2D eigenvalue weighted by Gasteiger charge is 2.26. The zero-order chi connectivity index (χ0) is 14.3. The molecule has 104 valence electrons. The van der Waals surface area contributed by atoms with Gasteiger partial charge in [0.2, 0.25) is 0 Å². The van der Waals surface area contributed by atoms with Crippen molar-refractivity contribution >= 4 is 45.2 Å². The van der Waals surface area contributed by atoms with E-state index in [1.54, 1.807) is 0 Å². The molecule has 0 N–H and O–H groups in total. The normalized spacial score (nSPS) is 20.8. The average Bonchev–Trinajstić information content (AvgIpc) is 2.39. The summed E-state index contributed by atoms with van der Waals surface area (Å²) < 4.78 is 14.6. The van der Waals surface area contributed by atoms with E-state index in [1.807, 2.05) is 38.1 Å². The summed E-state index contributed by atoms with van der Waals surface area (Å²) in [5.74, 6) is 1.87. The van der Waals surface area contributed by atoms with Crippen LogP contribution in [0.3, 0.4) is 0 Å². The first-order chi connectivity index (χ1) is 9.58. The van der Waals surface area contributed by atoms with Crippen molar-refractivity contribution in [3.63, 3.8) is 0 Å². The number of rotatable bonds is 0. The van der Waals surface area contributed by atoms with Gasteiger partial charge in [-0.3, -0.25) is 0 Å². The van der Waals surface area contributed by atoms with Gasteiger partial charge in [0, 0.05) is 18.3 Å². The van der Waals surface area contributed by atoms with Crippen LogP contribution in [0.5, 0.6) is 11.5 Å². The van der Waals surface area contributed by atoms with Crippen molar-refractivity contribution in [3.05, 3.63) is 43.5 Å². The fourth-order valence-corrected chi connectivity index (χ4v) is 3.77. The zero-order valence-corrected chi connectivity index (χ0v) is 15.5. The van der Waals surface area contributed by atoms with Crippen molar-refractivity contribution in [2.24, 2.45) is 0 Å². The molecule has 0 amide bonds. The Hall–Kier alpha value is -0.500. The van der Waals surface area contributed by atoms with Crippen LogP contribution in [0, 0.1) is 7.14 Å². The second kappa shape index (κ2) is 5.71. The monoisotopic (exact) mass is 492 g/mol. The number of benzene rings is 2. The lowest BCUT2D eigenvalue weighted by Gasteiger charge is -2.29. The van der Waals surface area contributed by atoms with E-state index in [1.165, 1.54) is 7.14 Å². The van der Waals surface area contributed by atoms with E-state index in [9.17, 15) is 0 Å². The van der Waals surface area contributed by atoms with Crippen LogP contribution in [-0.2, 0) is 0 Å². The van der Waals surface area contributed by atoms with E-state index in [0.29, 0.717) is 0 Å². The van der Waals surface area contributed by atoms with Gasteiger partial charge in [-0.1, -0.05) is 12.1 Å². The molecule has 0 aliphatic carbocycles. The third-order valence-electron chi connectivity index (χ3n) is 3.49. The van der Waals surface area contributed by atoms with Gasteiger partial charge < -0.3 is 9.47 Å². The highest BCUT2D eigenvalue weighted by atomic mass is 127. The molecule has 0 fully saturated rings. The summed E-state index contributed by atoms with van der Waals surface area (Å²) in [6, 6.07) is 12.4. The lowest BCUT2D eigenvalue weighted by molar-refractivity contribution is 0.0760. The predicted molar refractivity (Wildman–Crippen MR) is 97.5 cm³/mol. The minimum absolute atomic E-state index is 0.0120. The van der Waals surface area contributed by atoms with Crippen LogP contribution in [0.2, 0.25) is 0 Å². The van der Waals surface area contributed by atoms with E-state index in [2.05, 4.69) is 57.3 Å². The first kappa shape index (κ1) is 14.4. The van der Waals surface area contributed by atoms with E-state index in [0.717, 1.165) is 22.6 Å². The third kappa shape index (κ3) is 2.52. The second-order valence-corrected chi connectivity index (χ2v) is 7.20. The maximum Gasteiger partial charge on any atom is 0.132 e. The summed E-state index contributed by atoms with van der Waals surface area (Å²) in [6.45, 7) is 4.10. The van der Waals surface area contributed by atoms with Crippen LogP contribution in [0.25, 0.3) is 11.1 Å². The van der Waals surface area contributed by atoms with Gasteiger partial charge in [0.05, 0.1) is 0 Å². The van der Waals surface area contributed by atoms with E-state index in [4.69, 9.17) is 9.47 Å². The maximum absolute atomic E-state index is 6.11. The minimum Gasteiger partial charge on any atom is -0.486 e. The summed E-state index contributed by atoms with van der Waals surface area (Å²) >= 11 is 4.72. The van der Waals surface area contributed by atoms with E-state index in [-0.39, 0.29) is 12.2 Å². The highest BCUT2D eigenvalue weighted by molar-refractivity contribution is 14.1.